The van der Waals surface area contributed by atoms with Gasteiger partial charge in [-0.15, -0.1) is 11.3 Å². The lowest BCUT2D eigenvalue weighted by molar-refractivity contribution is 0.102. The molecule has 2 N–H and O–H groups in total. The predicted octanol–water partition coefficient (Wildman–Crippen LogP) is 1.93. The zero-order valence-electron chi connectivity index (χ0n) is 10.9. The minimum atomic E-state index is -0.292. The number of hydrogen-bond donors (Lipinski definition) is 2. The number of pyridine rings is 1. The average molecular weight is 300 g/mol. The van der Waals surface area contributed by atoms with Crippen LogP contribution in [0, 0.1) is 0 Å². The Morgan fingerprint density at radius 1 is 1.33 bits per heavy atom. The van der Waals surface area contributed by atoms with Gasteiger partial charge in [0.05, 0.1) is 18.3 Å². The fraction of sp³-hybridized carbons (Fsp3) is 0.0714. The van der Waals surface area contributed by atoms with E-state index in [2.05, 4.69) is 15.4 Å². The first-order chi connectivity index (χ1) is 10.2. The Kier molecular flexibility index (Phi) is 3.65. The maximum absolute atomic E-state index is 12.1. The van der Waals surface area contributed by atoms with Crippen LogP contribution in [-0.4, -0.2) is 20.7 Å². The molecule has 0 aromatic carbocycles. The summed E-state index contributed by atoms with van der Waals surface area (Å²) >= 11 is 1.63. The number of hydrogen-bond acceptors (Lipinski definition) is 4. The number of carbonyl (C=O) groups is 1. The molecule has 0 atom stereocenters. The van der Waals surface area contributed by atoms with Gasteiger partial charge in [-0.3, -0.25) is 9.59 Å². The number of amides is 1. The Hall–Kier alpha value is -2.67. The van der Waals surface area contributed by atoms with Gasteiger partial charge in [0.2, 0.25) is 5.56 Å². The van der Waals surface area contributed by atoms with Crippen molar-refractivity contribution in [1.82, 2.24) is 14.8 Å². The van der Waals surface area contributed by atoms with E-state index in [0.29, 0.717) is 17.9 Å². The van der Waals surface area contributed by atoms with Crippen molar-refractivity contribution >= 4 is 23.1 Å². The Morgan fingerprint density at radius 3 is 2.95 bits per heavy atom. The lowest BCUT2D eigenvalue weighted by Gasteiger charge is -2.08. The molecule has 3 heterocycles. The summed E-state index contributed by atoms with van der Waals surface area (Å²) in [6, 6.07) is 8.52. The zero-order chi connectivity index (χ0) is 14.7. The van der Waals surface area contributed by atoms with E-state index < -0.39 is 0 Å². The summed E-state index contributed by atoms with van der Waals surface area (Å²) in [5, 5.41) is 8.98. The fourth-order valence-corrected chi connectivity index (χ4v) is 2.54. The largest absolute Gasteiger partial charge is 0.328 e. The van der Waals surface area contributed by atoms with E-state index in [1.807, 2.05) is 17.5 Å². The molecule has 0 bridgehead atoms. The van der Waals surface area contributed by atoms with E-state index in [1.165, 1.54) is 18.3 Å². The quantitative estimate of drug-likeness (QED) is 0.772. The minimum Gasteiger partial charge on any atom is -0.328 e. The van der Waals surface area contributed by atoms with Gasteiger partial charge in [0.1, 0.15) is 5.82 Å². The normalized spacial score (nSPS) is 10.5. The summed E-state index contributed by atoms with van der Waals surface area (Å²) in [4.78, 5) is 26.7. The molecule has 1 amide bonds. The summed E-state index contributed by atoms with van der Waals surface area (Å²) < 4.78 is 1.72. The first kappa shape index (κ1) is 13.3. The lowest BCUT2D eigenvalue weighted by atomic mass is 10.3. The molecule has 0 fully saturated rings. The van der Waals surface area contributed by atoms with Crippen molar-refractivity contribution in [3.05, 3.63) is 68.9 Å². The van der Waals surface area contributed by atoms with Crippen LogP contribution in [0.15, 0.2) is 52.9 Å². The second-order valence-corrected chi connectivity index (χ2v) is 5.38. The molecule has 0 aliphatic heterocycles. The zero-order valence-corrected chi connectivity index (χ0v) is 11.8. The number of thiophene rings is 1. The molecule has 6 nitrogen and oxygen atoms in total. The van der Waals surface area contributed by atoms with Crippen LogP contribution in [0.25, 0.3) is 0 Å². The SMILES string of the molecule is O=C(Nc1ccnn1Cc1cccs1)c1ccc(=O)[nH]c1. The van der Waals surface area contributed by atoms with Gasteiger partial charge in [-0.2, -0.15) is 5.10 Å². The summed E-state index contributed by atoms with van der Waals surface area (Å²) in [5.74, 6) is 0.318. The van der Waals surface area contributed by atoms with Crippen LogP contribution in [-0.2, 0) is 6.54 Å². The van der Waals surface area contributed by atoms with E-state index in [-0.39, 0.29) is 11.5 Å². The summed E-state index contributed by atoms with van der Waals surface area (Å²) in [6.07, 6.45) is 3.02. The van der Waals surface area contributed by atoms with Crippen LogP contribution in [0.5, 0.6) is 0 Å². The van der Waals surface area contributed by atoms with E-state index in [1.54, 1.807) is 28.3 Å². The second kappa shape index (κ2) is 5.76. The van der Waals surface area contributed by atoms with Gasteiger partial charge in [-0.05, 0) is 17.5 Å². The van der Waals surface area contributed by atoms with Crippen LogP contribution in [0.3, 0.4) is 0 Å². The van der Waals surface area contributed by atoms with Crippen LogP contribution in [0.2, 0.25) is 0 Å². The molecule has 3 rings (SSSR count). The van der Waals surface area contributed by atoms with Crippen LogP contribution in [0.4, 0.5) is 5.82 Å². The highest BCUT2D eigenvalue weighted by atomic mass is 32.1. The number of carbonyl (C=O) groups excluding carboxylic acids is 1. The Bertz CT molecular complexity index is 784. The molecule has 21 heavy (non-hydrogen) atoms. The molecule has 0 unspecified atom stereocenters. The molecule has 0 saturated heterocycles. The van der Waals surface area contributed by atoms with Crippen LogP contribution < -0.4 is 10.9 Å². The van der Waals surface area contributed by atoms with Crippen LogP contribution >= 0.6 is 11.3 Å². The van der Waals surface area contributed by atoms with Crippen LogP contribution in [0.1, 0.15) is 15.2 Å². The third kappa shape index (κ3) is 3.09. The monoisotopic (exact) mass is 300 g/mol. The van der Waals surface area contributed by atoms with Crippen molar-refractivity contribution in [1.29, 1.82) is 0 Å². The van der Waals surface area contributed by atoms with Gasteiger partial charge in [0, 0.05) is 23.2 Å². The smallest absolute Gasteiger partial charge is 0.258 e. The Morgan fingerprint density at radius 2 is 2.24 bits per heavy atom. The molecule has 0 radical (unpaired) electrons. The van der Waals surface area contributed by atoms with Gasteiger partial charge >= 0.3 is 0 Å². The minimum absolute atomic E-state index is 0.241. The highest BCUT2D eigenvalue weighted by molar-refractivity contribution is 7.09. The number of anilines is 1. The van der Waals surface area contributed by atoms with E-state index in [0.717, 1.165) is 4.88 Å². The highest BCUT2D eigenvalue weighted by Gasteiger charge is 2.10. The molecule has 0 aliphatic rings. The summed E-state index contributed by atoms with van der Waals surface area (Å²) in [6.45, 7) is 0.603. The molecular weight excluding hydrogens is 288 g/mol. The maximum Gasteiger partial charge on any atom is 0.258 e. The van der Waals surface area contributed by atoms with Gasteiger partial charge in [-0.25, -0.2) is 4.68 Å². The standard InChI is InChI=1S/C14H12N4O2S/c19-13-4-3-10(8-15-13)14(20)17-12-5-6-16-18(12)9-11-2-1-7-21-11/h1-8H,9H2,(H,15,19)(H,17,20). The van der Waals surface area contributed by atoms with Crippen molar-refractivity contribution in [2.45, 2.75) is 6.54 Å². The maximum atomic E-state index is 12.1. The highest BCUT2D eigenvalue weighted by Crippen LogP contribution is 2.14. The first-order valence-electron chi connectivity index (χ1n) is 6.27. The lowest BCUT2D eigenvalue weighted by Crippen LogP contribution is -2.17. The van der Waals surface area contributed by atoms with Gasteiger partial charge < -0.3 is 10.3 Å². The van der Waals surface area contributed by atoms with E-state index >= 15 is 0 Å². The van der Waals surface area contributed by atoms with Gasteiger partial charge in [0.15, 0.2) is 0 Å². The average Bonchev–Trinajstić information content (AvgIpc) is 3.13. The van der Waals surface area contributed by atoms with Crippen molar-refractivity contribution in [3.63, 3.8) is 0 Å². The Balaban J connectivity index is 1.76. The van der Waals surface area contributed by atoms with E-state index in [4.69, 9.17) is 0 Å². The molecule has 0 aliphatic carbocycles. The number of aromatic nitrogens is 3. The molecular formula is C14H12N4O2S. The number of aromatic amines is 1. The molecule has 3 aromatic heterocycles. The summed E-state index contributed by atoms with van der Waals surface area (Å²) in [5.41, 5.74) is 0.146. The number of rotatable bonds is 4. The number of nitrogens with one attached hydrogen (secondary N) is 2. The van der Waals surface area contributed by atoms with Crippen molar-refractivity contribution in [3.8, 4) is 0 Å². The third-order valence-electron chi connectivity index (χ3n) is 2.89. The molecule has 0 saturated carbocycles. The third-order valence-corrected chi connectivity index (χ3v) is 3.75. The van der Waals surface area contributed by atoms with Gasteiger partial charge in [0.25, 0.3) is 5.91 Å². The second-order valence-electron chi connectivity index (χ2n) is 4.35. The molecule has 7 heteroatoms. The molecule has 106 valence electrons. The molecule has 3 aromatic rings. The number of H-pyrrole nitrogens is 1. The van der Waals surface area contributed by atoms with Crippen molar-refractivity contribution in [2.75, 3.05) is 5.32 Å². The fourth-order valence-electron chi connectivity index (χ4n) is 1.86. The number of nitrogens with zero attached hydrogens (tertiary/aromatic N) is 2. The van der Waals surface area contributed by atoms with Crippen molar-refractivity contribution in [2.24, 2.45) is 0 Å². The van der Waals surface area contributed by atoms with Crippen molar-refractivity contribution < 1.29 is 4.79 Å². The first-order valence-corrected chi connectivity index (χ1v) is 7.14. The predicted molar refractivity (Wildman–Crippen MR) is 80.7 cm³/mol. The van der Waals surface area contributed by atoms with Gasteiger partial charge in [-0.1, -0.05) is 6.07 Å². The van der Waals surface area contributed by atoms with E-state index in [9.17, 15) is 9.59 Å². The Labute approximate surface area is 124 Å². The topological polar surface area (TPSA) is 79.8 Å². The summed E-state index contributed by atoms with van der Waals surface area (Å²) in [7, 11) is 0. The molecule has 0 spiro atoms.